The van der Waals surface area contributed by atoms with E-state index >= 15 is 0 Å². The van der Waals surface area contributed by atoms with Crippen molar-refractivity contribution in [2.75, 3.05) is 5.32 Å². The molecule has 88 valence electrons. The van der Waals surface area contributed by atoms with Crippen molar-refractivity contribution in [3.05, 3.63) is 65.7 Å². The maximum Gasteiger partial charge on any atom is 0.190 e. The molecule has 2 unspecified atom stereocenters. The van der Waals surface area contributed by atoms with Crippen molar-refractivity contribution in [2.45, 2.75) is 17.9 Å². The van der Waals surface area contributed by atoms with Gasteiger partial charge < -0.3 is 5.32 Å². The minimum Gasteiger partial charge on any atom is -0.371 e. The van der Waals surface area contributed by atoms with E-state index in [0.29, 0.717) is 5.92 Å². The zero-order valence-corrected chi connectivity index (χ0v) is 9.89. The van der Waals surface area contributed by atoms with E-state index in [1.165, 1.54) is 5.56 Å². The third kappa shape index (κ3) is 1.15. The number of hydrogen-bond acceptors (Lipinski definition) is 2. The fourth-order valence-electron chi connectivity index (χ4n) is 3.07. The smallest absolute Gasteiger partial charge is 0.190 e. The van der Waals surface area contributed by atoms with Crippen LogP contribution in [0.1, 0.15) is 28.3 Å². The quantitative estimate of drug-likeness (QED) is 0.822. The van der Waals surface area contributed by atoms with Gasteiger partial charge in [0.25, 0.3) is 0 Å². The molecule has 1 N–H and O–H groups in total. The Balaban J connectivity index is 1.73. The number of hydrogen-bond donors (Lipinski definition) is 1. The van der Waals surface area contributed by atoms with E-state index in [-0.39, 0.29) is 11.3 Å². The van der Waals surface area contributed by atoms with Gasteiger partial charge in [-0.25, -0.2) is 0 Å². The van der Waals surface area contributed by atoms with Gasteiger partial charge >= 0.3 is 0 Å². The first kappa shape index (κ1) is 9.89. The van der Waals surface area contributed by atoms with Gasteiger partial charge in [0.1, 0.15) is 5.54 Å². The Kier molecular flexibility index (Phi) is 1.77. The molecule has 2 aromatic rings. The van der Waals surface area contributed by atoms with Crippen LogP contribution < -0.4 is 5.32 Å². The van der Waals surface area contributed by atoms with Crippen molar-refractivity contribution < 1.29 is 4.79 Å². The van der Waals surface area contributed by atoms with Gasteiger partial charge in [-0.15, -0.1) is 0 Å². The number of carbonyl (C=O) groups is 1. The zero-order valence-electron chi connectivity index (χ0n) is 9.89. The molecule has 0 saturated heterocycles. The van der Waals surface area contributed by atoms with Crippen molar-refractivity contribution in [3.63, 3.8) is 0 Å². The van der Waals surface area contributed by atoms with Crippen LogP contribution in [-0.4, -0.2) is 11.3 Å². The van der Waals surface area contributed by atoms with Gasteiger partial charge in [0, 0.05) is 17.2 Å². The standard InChI is InChI=1S/C16H13NO/c18-15-12-8-4-5-9-14(12)17-16(15)10-13(16)11-6-2-1-3-7-11/h1-9,13,17H,10H2. The number of para-hydroxylation sites is 1. The zero-order chi connectivity index (χ0) is 12.2. The number of carbonyl (C=O) groups excluding carboxylic acids is 1. The average Bonchev–Trinajstić information content (AvgIpc) is 3.08. The first-order valence-electron chi connectivity index (χ1n) is 6.28. The second-order valence-corrected chi connectivity index (χ2v) is 5.14. The van der Waals surface area contributed by atoms with E-state index in [2.05, 4.69) is 17.4 Å². The molecule has 2 aliphatic rings. The molecule has 1 heterocycles. The van der Waals surface area contributed by atoms with Crippen molar-refractivity contribution in [1.29, 1.82) is 0 Å². The largest absolute Gasteiger partial charge is 0.371 e. The number of Topliss-reactive ketones (excluding diaryl/α,β-unsaturated/α-hetero) is 1. The summed E-state index contributed by atoms with van der Waals surface area (Å²) >= 11 is 0. The van der Waals surface area contributed by atoms with Gasteiger partial charge in [-0.2, -0.15) is 0 Å². The Bertz CT molecular complexity index is 635. The summed E-state index contributed by atoms with van der Waals surface area (Å²) in [5, 5.41) is 3.43. The fraction of sp³-hybridized carbons (Fsp3) is 0.188. The maximum atomic E-state index is 12.5. The summed E-state index contributed by atoms with van der Waals surface area (Å²) in [6, 6.07) is 18.1. The molecule has 1 aliphatic heterocycles. The first-order valence-corrected chi connectivity index (χ1v) is 6.28. The highest BCUT2D eigenvalue weighted by Gasteiger charge is 2.63. The van der Waals surface area contributed by atoms with Crippen LogP contribution in [0.4, 0.5) is 5.69 Å². The van der Waals surface area contributed by atoms with Crippen LogP contribution in [0.25, 0.3) is 0 Å². The fourth-order valence-corrected chi connectivity index (χ4v) is 3.07. The molecule has 2 heteroatoms. The van der Waals surface area contributed by atoms with Crippen LogP contribution >= 0.6 is 0 Å². The molecule has 0 amide bonds. The minimum atomic E-state index is -0.356. The Morgan fingerprint density at radius 3 is 2.50 bits per heavy atom. The van der Waals surface area contributed by atoms with Gasteiger partial charge in [-0.1, -0.05) is 42.5 Å². The van der Waals surface area contributed by atoms with Crippen LogP contribution in [0.2, 0.25) is 0 Å². The summed E-state index contributed by atoms with van der Waals surface area (Å²) in [4.78, 5) is 12.5. The summed E-state index contributed by atoms with van der Waals surface area (Å²) in [6.07, 6.45) is 0.907. The number of nitrogens with one attached hydrogen (secondary N) is 1. The van der Waals surface area contributed by atoms with Gasteiger partial charge in [-0.3, -0.25) is 4.79 Å². The molecule has 4 rings (SSSR count). The Hall–Kier alpha value is -2.09. The molecule has 1 spiro atoms. The number of fused-ring (bicyclic) bond motifs is 1. The molecule has 2 aromatic carbocycles. The maximum absolute atomic E-state index is 12.5. The summed E-state index contributed by atoms with van der Waals surface area (Å²) < 4.78 is 0. The molecular formula is C16H13NO. The van der Waals surface area contributed by atoms with E-state index in [9.17, 15) is 4.79 Å². The van der Waals surface area contributed by atoms with Gasteiger partial charge in [0.2, 0.25) is 0 Å². The SMILES string of the molecule is O=C1c2ccccc2NC12CC2c1ccccc1. The highest BCUT2D eigenvalue weighted by atomic mass is 16.1. The van der Waals surface area contributed by atoms with E-state index in [4.69, 9.17) is 0 Å². The molecule has 1 saturated carbocycles. The molecule has 1 fully saturated rings. The number of ketones is 1. The molecule has 2 atom stereocenters. The molecule has 0 aromatic heterocycles. The number of anilines is 1. The lowest BCUT2D eigenvalue weighted by atomic mass is 10.0. The van der Waals surface area contributed by atoms with Crippen LogP contribution in [0.3, 0.4) is 0 Å². The lowest BCUT2D eigenvalue weighted by Gasteiger charge is -2.09. The van der Waals surface area contributed by atoms with Crippen molar-refractivity contribution in [3.8, 4) is 0 Å². The van der Waals surface area contributed by atoms with Crippen molar-refractivity contribution in [1.82, 2.24) is 0 Å². The highest BCUT2D eigenvalue weighted by molar-refractivity contribution is 6.16. The third-order valence-electron chi connectivity index (χ3n) is 4.10. The third-order valence-corrected chi connectivity index (χ3v) is 4.10. The topological polar surface area (TPSA) is 29.1 Å². The monoisotopic (exact) mass is 235 g/mol. The predicted molar refractivity (Wildman–Crippen MR) is 70.9 cm³/mol. The molecule has 2 nitrogen and oxygen atoms in total. The Labute approximate surface area is 106 Å². The predicted octanol–water partition coefficient (Wildman–Crippen LogP) is 3.22. The summed E-state index contributed by atoms with van der Waals surface area (Å²) in [7, 11) is 0. The van der Waals surface area contributed by atoms with Gasteiger partial charge in [-0.05, 0) is 24.1 Å². The molecule has 0 radical (unpaired) electrons. The van der Waals surface area contributed by atoms with Gasteiger partial charge in [0.15, 0.2) is 5.78 Å². The molecular weight excluding hydrogens is 222 g/mol. The van der Waals surface area contributed by atoms with Crippen molar-refractivity contribution in [2.24, 2.45) is 0 Å². The van der Waals surface area contributed by atoms with Crippen LogP contribution in [-0.2, 0) is 0 Å². The molecule has 18 heavy (non-hydrogen) atoms. The van der Waals surface area contributed by atoms with Crippen LogP contribution in [0, 0.1) is 0 Å². The second-order valence-electron chi connectivity index (χ2n) is 5.14. The van der Waals surface area contributed by atoms with Crippen LogP contribution in [0.5, 0.6) is 0 Å². The number of benzene rings is 2. The van der Waals surface area contributed by atoms with E-state index in [1.807, 2.05) is 42.5 Å². The van der Waals surface area contributed by atoms with E-state index in [1.54, 1.807) is 0 Å². The second kappa shape index (κ2) is 3.22. The van der Waals surface area contributed by atoms with Gasteiger partial charge in [0.05, 0.1) is 0 Å². The lowest BCUT2D eigenvalue weighted by Crippen LogP contribution is -2.26. The first-order chi connectivity index (χ1) is 8.81. The van der Waals surface area contributed by atoms with Crippen LogP contribution in [0.15, 0.2) is 54.6 Å². The summed E-state index contributed by atoms with van der Waals surface area (Å²) in [5.41, 5.74) is 2.73. The average molecular weight is 235 g/mol. The van der Waals surface area contributed by atoms with Crippen molar-refractivity contribution >= 4 is 11.5 Å². The minimum absolute atomic E-state index is 0.256. The molecule has 0 bridgehead atoms. The van der Waals surface area contributed by atoms with E-state index < -0.39 is 0 Å². The Morgan fingerprint density at radius 1 is 1.00 bits per heavy atom. The highest BCUT2D eigenvalue weighted by Crippen LogP contribution is 2.58. The van der Waals surface area contributed by atoms with E-state index in [0.717, 1.165) is 17.7 Å². The normalized spacial score (nSPS) is 28.0. The number of rotatable bonds is 1. The summed E-state index contributed by atoms with van der Waals surface area (Å²) in [5.74, 6) is 0.575. The lowest BCUT2D eigenvalue weighted by molar-refractivity contribution is 0.0967. The summed E-state index contributed by atoms with van der Waals surface area (Å²) in [6.45, 7) is 0. The molecule has 1 aliphatic carbocycles. The Morgan fingerprint density at radius 2 is 1.72 bits per heavy atom.